The molecule has 2 rings (SSSR count). The summed E-state index contributed by atoms with van der Waals surface area (Å²) < 4.78 is 0. The van der Waals surface area contributed by atoms with E-state index < -0.39 is 0 Å². The van der Waals surface area contributed by atoms with E-state index >= 15 is 0 Å². The van der Waals surface area contributed by atoms with E-state index in [1.807, 2.05) is 22.4 Å². The first-order chi connectivity index (χ1) is 7.77. The standard InChI is InChI=1S/C12H18N2OS/c1-10-5-2-3-7-14(10)12(15)13-9-11-6-4-8-16-11/h4,6,8,10H,2-3,5,7,9H2,1H3,(H,13,15)/t10-/m0/s1. The number of hydrogen-bond donors (Lipinski definition) is 1. The molecule has 1 aliphatic heterocycles. The molecule has 0 aromatic carbocycles. The molecule has 1 aliphatic rings. The number of thiophene rings is 1. The quantitative estimate of drug-likeness (QED) is 0.844. The van der Waals surface area contributed by atoms with Crippen LogP contribution in [-0.4, -0.2) is 23.5 Å². The van der Waals surface area contributed by atoms with Gasteiger partial charge in [0.25, 0.3) is 0 Å². The fraction of sp³-hybridized carbons (Fsp3) is 0.583. The Bertz CT molecular complexity index is 337. The zero-order valence-electron chi connectivity index (χ0n) is 9.61. The Morgan fingerprint density at radius 2 is 2.50 bits per heavy atom. The molecule has 88 valence electrons. The molecule has 1 fully saturated rings. The van der Waals surface area contributed by atoms with Gasteiger partial charge in [0.1, 0.15) is 0 Å². The predicted octanol–water partition coefficient (Wildman–Crippen LogP) is 2.83. The fourth-order valence-electron chi connectivity index (χ4n) is 2.08. The van der Waals surface area contributed by atoms with E-state index in [2.05, 4.69) is 12.2 Å². The number of hydrogen-bond acceptors (Lipinski definition) is 2. The van der Waals surface area contributed by atoms with Crippen LogP contribution in [0.5, 0.6) is 0 Å². The molecule has 0 saturated carbocycles. The molecular formula is C12H18N2OS. The lowest BCUT2D eigenvalue weighted by molar-refractivity contribution is 0.158. The van der Waals surface area contributed by atoms with Crippen molar-refractivity contribution in [3.05, 3.63) is 22.4 Å². The average molecular weight is 238 g/mol. The van der Waals surface area contributed by atoms with Gasteiger partial charge in [-0.05, 0) is 37.6 Å². The number of urea groups is 1. The van der Waals surface area contributed by atoms with Crippen LogP contribution in [0.25, 0.3) is 0 Å². The minimum atomic E-state index is 0.0839. The summed E-state index contributed by atoms with van der Waals surface area (Å²) in [7, 11) is 0. The maximum Gasteiger partial charge on any atom is 0.317 e. The number of nitrogens with zero attached hydrogens (tertiary/aromatic N) is 1. The van der Waals surface area contributed by atoms with Gasteiger partial charge in [0.05, 0.1) is 6.54 Å². The summed E-state index contributed by atoms with van der Waals surface area (Å²) in [6, 6.07) is 4.53. The van der Waals surface area contributed by atoms with E-state index in [1.165, 1.54) is 11.3 Å². The average Bonchev–Trinajstić information content (AvgIpc) is 2.79. The summed E-state index contributed by atoms with van der Waals surface area (Å²) in [6.45, 7) is 3.68. The monoisotopic (exact) mass is 238 g/mol. The van der Waals surface area contributed by atoms with Gasteiger partial charge in [-0.15, -0.1) is 11.3 Å². The lowest BCUT2D eigenvalue weighted by Gasteiger charge is -2.33. The fourth-order valence-corrected chi connectivity index (χ4v) is 2.72. The number of amides is 2. The van der Waals surface area contributed by atoms with Gasteiger partial charge < -0.3 is 10.2 Å². The highest BCUT2D eigenvalue weighted by Crippen LogP contribution is 2.16. The van der Waals surface area contributed by atoms with Crippen molar-refractivity contribution in [2.45, 2.75) is 38.8 Å². The van der Waals surface area contributed by atoms with Gasteiger partial charge in [-0.25, -0.2) is 4.79 Å². The van der Waals surface area contributed by atoms with Crippen LogP contribution in [0.3, 0.4) is 0 Å². The molecule has 3 nitrogen and oxygen atoms in total. The first kappa shape index (κ1) is 11.5. The number of likely N-dealkylation sites (tertiary alicyclic amines) is 1. The summed E-state index contributed by atoms with van der Waals surface area (Å²) in [4.78, 5) is 15.1. The van der Waals surface area contributed by atoms with Crippen LogP contribution in [-0.2, 0) is 6.54 Å². The molecule has 1 aromatic heterocycles. The first-order valence-corrected chi connectivity index (χ1v) is 6.72. The lowest BCUT2D eigenvalue weighted by Crippen LogP contribution is -2.47. The summed E-state index contributed by atoms with van der Waals surface area (Å²) >= 11 is 1.68. The summed E-state index contributed by atoms with van der Waals surface area (Å²) in [6.07, 6.45) is 3.51. The van der Waals surface area contributed by atoms with Gasteiger partial charge in [-0.2, -0.15) is 0 Å². The van der Waals surface area contributed by atoms with Crippen LogP contribution in [0.1, 0.15) is 31.1 Å². The number of carbonyl (C=O) groups excluding carboxylic acids is 1. The Labute approximate surface area is 100 Å². The van der Waals surface area contributed by atoms with Crippen molar-refractivity contribution in [1.29, 1.82) is 0 Å². The molecule has 1 aromatic rings. The molecule has 0 aliphatic carbocycles. The largest absolute Gasteiger partial charge is 0.333 e. The Morgan fingerprint density at radius 3 is 3.19 bits per heavy atom. The van der Waals surface area contributed by atoms with E-state index in [0.29, 0.717) is 12.6 Å². The van der Waals surface area contributed by atoms with Gasteiger partial charge in [0, 0.05) is 17.5 Å². The summed E-state index contributed by atoms with van der Waals surface area (Å²) in [5.74, 6) is 0. The Kier molecular flexibility index (Phi) is 3.83. The maximum absolute atomic E-state index is 11.9. The topological polar surface area (TPSA) is 32.3 Å². The molecule has 4 heteroatoms. The van der Waals surface area contributed by atoms with Gasteiger partial charge in [0.2, 0.25) is 0 Å². The first-order valence-electron chi connectivity index (χ1n) is 5.84. The van der Waals surface area contributed by atoms with Crippen molar-refractivity contribution in [2.24, 2.45) is 0 Å². The molecule has 2 amide bonds. The van der Waals surface area contributed by atoms with Gasteiger partial charge in [-0.1, -0.05) is 6.07 Å². The molecular weight excluding hydrogens is 220 g/mol. The summed E-state index contributed by atoms with van der Waals surface area (Å²) in [5, 5.41) is 5.02. The van der Waals surface area contributed by atoms with Gasteiger partial charge in [-0.3, -0.25) is 0 Å². The highest BCUT2D eigenvalue weighted by molar-refractivity contribution is 7.09. The number of carbonyl (C=O) groups is 1. The Morgan fingerprint density at radius 1 is 1.62 bits per heavy atom. The van der Waals surface area contributed by atoms with Crippen LogP contribution in [0.4, 0.5) is 4.79 Å². The molecule has 1 atom stereocenters. The van der Waals surface area contributed by atoms with E-state index in [-0.39, 0.29) is 6.03 Å². The molecule has 2 heterocycles. The predicted molar refractivity (Wildman–Crippen MR) is 66.6 cm³/mol. The van der Waals surface area contributed by atoms with Crippen molar-refractivity contribution in [1.82, 2.24) is 10.2 Å². The van der Waals surface area contributed by atoms with Crippen LogP contribution >= 0.6 is 11.3 Å². The summed E-state index contributed by atoms with van der Waals surface area (Å²) in [5.41, 5.74) is 0. The van der Waals surface area contributed by atoms with E-state index in [4.69, 9.17) is 0 Å². The van der Waals surface area contributed by atoms with E-state index in [9.17, 15) is 4.79 Å². The van der Waals surface area contributed by atoms with Crippen molar-refractivity contribution >= 4 is 17.4 Å². The van der Waals surface area contributed by atoms with Crippen LogP contribution < -0.4 is 5.32 Å². The molecule has 16 heavy (non-hydrogen) atoms. The van der Waals surface area contributed by atoms with E-state index in [1.54, 1.807) is 11.3 Å². The van der Waals surface area contributed by atoms with Crippen LogP contribution in [0.15, 0.2) is 17.5 Å². The second-order valence-corrected chi connectivity index (χ2v) is 5.31. The number of nitrogens with one attached hydrogen (secondary N) is 1. The second kappa shape index (κ2) is 5.34. The maximum atomic E-state index is 11.9. The van der Waals surface area contributed by atoms with Crippen molar-refractivity contribution < 1.29 is 4.79 Å². The molecule has 0 bridgehead atoms. The van der Waals surface area contributed by atoms with E-state index in [0.717, 1.165) is 19.4 Å². The Hall–Kier alpha value is -1.03. The van der Waals surface area contributed by atoms with Crippen LogP contribution in [0, 0.1) is 0 Å². The Balaban J connectivity index is 1.83. The molecule has 0 spiro atoms. The van der Waals surface area contributed by atoms with Crippen molar-refractivity contribution in [3.8, 4) is 0 Å². The molecule has 0 unspecified atom stereocenters. The normalized spacial score (nSPS) is 20.8. The minimum absolute atomic E-state index is 0.0839. The molecule has 1 N–H and O–H groups in total. The third kappa shape index (κ3) is 2.76. The second-order valence-electron chi connectivity index (χ2n) is 4.28. The zero-order chi connectivity index (χ0) is 11.4. The third-order valence-corrected chi connectivity index (χ3v) is 3.93. The SMILES string of the molecule is C[C@H]1CCCCN1C(=O)NCc1cccs1. The lowest BCUT2D eigenvalue weighted by atomic mass is 10.0. The van der Waals surface area contributed by atoms with Crippen LogP contribution in [0.2, 0.25) is 0 Å². The van der Waals surface area contributed by atoms with Gasteiger partial charge >= 0.3 is 6.03 Å². The molecule has 1 saturated heterocycles. The van der Waals surface area contributed by atoms with Crippen molar-refractivity contribution in [3.63, 3.8) is 0 Å². The molecule has 0 radical (unpaired) electrons. The zero-order valence-corrected chi connectivity index (χ0v) is 10.4. The highest BCUT2D eigenvalue weighted by atomic mass is 32.1. The highest BCUT2D eigenvalue weighted by Gasteiger charge is 2.22. The van der Waals surface area contributed by atoms with Crippen molar-refractivity contribution in [2.75, 3.05) is 6.54 Å². The number of piperidine rings is 1. The van der Waals surface area contributed by atoms with Gasteiger partial charge in [0.15, 0.2) is 0 Å². The smallest absolute Gasteiger partial charge is 0.317 e. The minimum Gasteiger partial charge on any atom is -0.333 e. The third-order valence-electron chi connectivity index (χ3n) is 3.06. The number of rotatable bonds is 2.